The summed E-state index contributed by atoms with van der Waals surface area (Å²) in [6, 6.07) is 2.13. The summed E-state index contributed by atoms with van der Waals surface area (Å²) in [5.41, 5.74) is 1.32. The van der Waals surface area contributed by atoms with Crippen LogP contribution in [-0.2, 0) is 19.8 Å². The Morgan fingerprint density at radius 2 is 1.91 bits per heavy atom. The molecule has 1 N–H and O–H groups in total. The van der Waals surface area contributed by atoms with Gasteiger partial charge in [0.25, 0.3) is 0 Å². The van der Waals surface area contributed by atoms with E-state index in [1.807, 2.05) is 0 Å². The van der Waals surface area contributed by atoms with Crippen molar-refractivity contribution in [2.75, 3.05) is 13.1 Å². The van der Waals surface area contributed by atoms with E-state index in [1.165, 1.54) is 18.4 Å². The minimum atomic E-state index is -0.245. The molecule has 22 heavy (non-hydrogen) atoms. The van der Waals surface area contributed by atoms with Gasteiger partial charge in [0.2, 0.25) is 17.7 Å². The molecule has 0 radical (unpaired) electrons. The fourth-order valence-corrected chi connectivity index (χ4v) is 4.23. The van der Waals surface area contributed by atoms with E-state index in [9.17, 15) is 14.4 Å². The van der Waals surface area contributed by atoms with Crippen LogP contribution in [0.4, 0.5) is 0 Å². The first-order valence-corrected chi connectivity index (χ1v) is 8.68. The van der Waals surface area contributed by atoms with Gasteiger partial charge in [-0.2, -0.15) is 11.3 Å². The van der Waals surface area contributed by atoms with E-state index < -0.39 is 0 Å². The molecule has 0 bridgehead atoms. The van der Waals surface area contributed by atoms with Crippen molar-refractivity contribution in [3.8, 4) is 0 Å². The first-order chi connectivity index (χ1) is 10.6. The molecule has 0 unspecified atom stereocenters. The zero-order chi connectivity index (χ0) is 15.6. The number of carbonyl (C=O) groups is 3. The summed E-state index contributed by atoms with van der Waals surface area (Å²) in [5.74, 6) is -0.729. The zero-order valence-electron chi connectivity index (χ0n) is 12.5. The molecule has 1 aliphatic carbocycles. The van der Waals surface area contributed by atoms with E-state index in [-0.39, 0.29) is 42.5 Å². The quantitative estimate of drug-likeness (QED) is 0.842. The van der Waals surface area contributed by atoms with Crippen molar-refractivity contribution in [3.63, 3.8) is 0 Å². The summed E-state index contributed by atoms with van der Waals surface area (Å²) in [7, 11) is 0. The van der Waals surface area contributed by atoms with Crippen LogP contribution in [-0.4, -0.2) is 35.7 Å². The Hall–Kier alpha value is -1.69. The Kier molecular flexibility index (Phi) is 4.29. The second kappa shape index (κ2) is 6.20. The minimum Gasteiger partial charge on any atom is -0.354 e. The normalized spacial score (nSPS) is 20.6. The van der Waals surface area contributed by atoms with Gasteiger partial charge in [0.15, 0.2) is 0 Å². The molecule has 2 heterocycles. The maximum Gasteiger partial charge on any atom is 0.240 e. The van der Waals surface area contributed by atoms with Crippen LogP contribution < -0.4 is 5.32 Å². The number of thiophene rings is 1. The SMILES string of the molecule is O=C(CN1C(=O)CCC1=O)NCC1(c2ccsc2)CCCC1. The Balaban J connectivity index is 1.60. The van der Waals surface area contributed by atoms with Gasteiger partial charge in [0.1, 0.15) is 6.54 Å². The predicted molar refractivity (Wildman–Crippen MR) is 83.4 cm³/mol. The molecule has 118 valence electrons. The summed E-state index contributed by atoms with van der Waals surface area (Å²) < 4.78 is 0. The second-order valence-corrected chi connectivity index (χ2v) is 6.93. The van der Waals surface area contributed by atoms with Crippen LogP contribution in [0.15, 0.2) is 16.8 Å². The molecule has 5 nitrogen and oxygen atoms in total. The van der Waals surface area contributed by atoms with Gasteiger partial charge in [-0.1, -0.05) is 12.8 Å². The Labute approximate surface area is 133 Å². The number of rotatable bonds is 5. The number of nitrogens with zero attached hydrogens (tertiary/aromatic N) is 1. The van der Waals surface area contributed by atoms with E-state index in [0.717, 1.165) is 17.7 Å². The largest absolute Gasteiger partial charge is 0.354 e. The number of carbonyl (C=O) groups excluding carboxylic acids is 3. The number of likely N-dealkylation sites (tertiary alicyclic amines) is 1. The lowest BCUT2D eigenvalue weighted by molar-refractivity contribution is -0.142. The van der Waals surface area contributed by atoms with E-state index in [4.69, 9.17) is 0 Å². The average Bonchev–Trinajstić information content (AvgIpc) is 3.23. The first-order valence-electron chi connectivity index (χ1n) is 7.73. The number of imide groups is 1. The van der Waals surface area contributed by atoms with Crippen LogP contribution in [0.25, 0.3) is 0 Å². The Bertz CT molecular complexity index is 560. The van der Waals surface area contributed by atoms with Gasteiger partial charge < -0.3 is 5.32 Å². The number of amides is 3. The van der Waals surface area contributed by atoms with Gasteiger partial charge in [-0.15, -0.1) is 0 Å². The van der Waals surface area contributed by atoms with Gasteiger partial charge >= 0.3 is 0 Å². The smallest absolute Gasteiger partial charge is 0.240 e. The van der Waals surface area contributed by atoms with E-state index in [1.54, 1.807) is 11.3 Å². The van der Waals surface area contributed by atoms with Crippen LogP contribution >= 0.6 is 11.3 Å². The second-order valence-electron chi connectivity index (χ2n) is 6.15. The molecule has 3 amide bonds. The van der Waals surface area contributed by atoms with Gasteiger partial charge in [0.05, 0.1) is 0 Å². The van der Waals surface area contributed by atoms with Crippen LogP contribution in [0.5, 0.6) is 0 Å². The van der Waals surface area contributed by atoms with Crippen molar-refractivity contribution in [2.45, 2.75) is 43.9 Å². The lowest BCUT2D eigenvalue weighted by atomic mass is 9.80. The van der Waals surface area contributed by atoms with Crippen LogP contribution in [0, 0.1) is 0 Å². The maximum atomic E-state index is 12.1. The highest BCUT2D eigenvalue weighted by Gasteiger charge is 2.37. The molecule has 1 aromatic heterocycles. The lowest BCUT2D eigenvalue weighted by Gasteiger charge is -2.29. The third-order valence-corrected chi connectivity index (χ3v) is 5.46. The summed E-state index contributed by atoms with van der Waals surface area (Å²) >= 11 is 1.68. The minimum absolute atomic E-state index is 0.0225. The fourth-order valence-electron chi connectivity index (χ4n) is 3.45. The van der Waals surface area contributed by atoms with E-state index in [0.29, 0.717) is 6.54 Å². The van der Waals surface area contributed by atoms with Crippen molar-refractivity contribution in [2.24, 2.45) is 0 Å². The molecule has 2 fully saturated rings. The highest BCUT2D eigenvalue weighted by molar-refractivity contribution is 7.08. The summed E-state index contributed by atoms with van der Waals surface area (Å²) in [6.07, 6.45) is 4.96. The highest BCUT2D eigenvalue weighted by atomic mass is 32.1. The van der Waals surface area contributed by atoms with Crippen LogP contribution in [0.3, 0.4) is 0 Å². The number of nitrogens with one attached hydrogen (secondary N) is 1. The standard InChI is InChI=1S/C16H20N2O3S/c19-13(9-18-14(20)3-4-15(18)21)17-11-16(6-1-2-7-16)12-5-8-22-10-12/h5,8,10H,1-4,6-7,9,11H2,(H,17,19). The summed E-state index contributed by atoms with van der Waals surface area (Å²) in [4.78, 5) is 36.3. The maximum absolute atomic E-state index is 12.1. The van der Waals surface area contributed by atoms with Crippen LogP contribution in [0.1, 0.15) is 44.1 Å². The van der Waals surface area contributed by atoms with Gasteiger partial charge in [0, 0.05) is 24.8 Å². The fraction of sp³-hybridized carbons (Fsp3) is 0.562. The monoisotopic (exact) mass is 320 g/mol. The molecule has 1 saturated carbocycles. The third-order valence-electron chi connectivity index (χ3n) is 4.77. The third kappa shape index (κ3) is 2.92. The topological polar surface area (TPSA) is 66.5 Å². The lowest BCUT2D eigenvalue weighted by Crippen LogP contribution is -2.44. The van der Waals surface area contributed by atoms with Crippen molar-refractivity contribution < 1.29 is 14.4 Å². The highest BCUT2D eigenvalue weighted by Crippen LogP contribution is 2.41. The van der Waals surface area contributed by atoms with Crippen molar-refractivity contribution in [1.29, 1.82) is 0 Å². The molecular formula is C16H20N2O3S. The molecule has 6 heteroatoms. The molecular weight excluding hydrogens is 300 g/mol. The van der Waals surface area contributed by atoms with Gasteiger partial charge in [-0.05, 0) is 35.2 Å². The Morgan fingerprint density at radius 1 is 1.23 bits per heavy atom. The molecule has 1 aromatic rings. The van der Waals surface area contributed by atoms with Crippen molar-refractivity contribution in [1.82, 2.24) is 10.2 Å². The number of hydrogen-bond donors (Lipinski definition) is 1. The van der Waals surface area contributed by atoms with Gasteiger partial charge in [-0.3, -0.25) is 19.3 Å². The Morgan fingerprint density at radius 3 is 2.50 bits per heavy atom. The van der Waals surface area contributed by atoms with Crippen molar-refractivity contribution in [3.05, 3.63) is 22.4 Å². The molecule has 1 aliphatic heterocycles. The molecule has 2 aliphatic rings. The predicted octanol–water partition coefficient (Wildman–Crippen LogP) is 1.83. The molecule has 0 atom stereocenters. The molecule has 1 saturated heterocycles. The zero-order valence-corrected chi connectivity index (χ0v) is 13.3. The molecule has 0 aromatic carbocycles. The average molecular weight is 320 g/mol. The molecule has 3 rings (SSSR count). The first kappa shape index (κ1) is 15.2. The summed E-state index contributed by atoms with van der Waals surface area (Å²) in [6.45, 7) is 0.441. The van der Waals surface area contributed by atoms with E-state index >= 15 is 0 Å². The summed E-state index contributed by atoms with van der Waals surface area (Å²) in [5, 5.41) is 7.17. The number of hydrogen-bond acceptors (Lipinski definition) is 4. The van der Waals surface area contributed by atoms with Gasteiger partial charge in [-0.25, -0.2) is 0 Å². The van der Waals surface area contributed by atoms with Crippen molar-refractivity contribution >= 4 is 29.1 Å². The molecule has 0 spiro atoms. The van der Waals surface area contributed by atoms with E-state index in [2.05, 4.69) is 22.1 Å². The van der Waals surface area contributed by atoms with Crippen LogP contribution in [0.2, 0.25) is 0 Å².